The van der Waals surface area contributed by atoms with Crippen molar-refractivity contribution in [3.8, 4) is 0 Å². The van der Waals surface area contributed by atoms with Gasteiger partial charge in [-0.25, -0.2) is 0 Å². The van der Waals surface area contributed by atoms with Gasteiger partial charge in [0.15, 0.2) is 0 Å². The molecule has 1 heterocycles. The molecule has 1 unspecified atom stereocenters. The average molecular weight is 272 g/mol. The molecule has 102 valence electrons. The molecule has 0 aliphatic carbocycles. The van der Waals surface area contributed by atoms with E-state index < -0.39 is 0 Å². The lowest BCUT2D eigenvalue weighted by Gasteiger charge is -2.12. The Kier molecular flexibility index (Phi) is 6.21. The molecular weight excluding hydrogens is 252 g/mol. The third-order valence-corrected chi connectivity index (χ3v) is 3.44. The second kappa shape index (κ2) is 7.43. The van der Waals surface area contributed by atoms with Crippen LogP contribution in [0.5, 0.6) is 0 Å². The first-order valence-electron chi connectivity index (χ1n) is 5.82. The summed E-state index contributed by atoms with van der Waals surface area (Å²) in [4.78, 5) is 11.6. The van der Waals surface area contributed by atoms with Gasteiger partial charge in [0.05, 0.1) is 18.1 Å². The smallest absolute Gasteiger partial charge is 0.230 e. The van der Waals surface area contributed by atoms with Gasteiger partial charge in [-0.05, 0) is 20.8 Å². The maximum atomic E-state index is 11.6. The lowest BCUT2D eigenvalue weighted by Crippen LogP contribution is -2.36. The number of rotatable bonds is 7. The van der Waals surface area contributed by atoms with E-state index in [4.69, 9.17) is 9.26 Å². The molecule has 0 saturated heterocycles. The van der Waals surface area contributed by atoms with Gasteiger partial charge in [0.2, 0.25) is 5.91 Å². The zero-order chi connectivity index (χ0) is 13.5. The van der Waals surface area contributed by atoms with Crippen LogP contribution in [-0.2, 0) is 15.3 Å². The van der Waals surface area contributed by atoms with Crippen molar-refractivity contribution in [2.24, 2.45) is 0 Å². The number of aryl methyl sites for hydroxylation is 2. The average Bonchev–Trinajstić information content (AvgIpc) is 2.60. The summed E-state index contributed by atoms with van der Waals surface area (Å²) >= 11 is 1.55. The van der Waals surface area contributed by atoms with E-state index in [1.165, 1.54) is 0 Å². The Morgan fingerprint density at radius 1 is 1.56 bits per heavy atom. The van der Waals surface area contributed by atoms with Gasteiger partial charge in [-0.15, -0.1) is 11.8 Å². The molecule has 18 heavy (non-hydrogen) atoms. The zero-order valence-corrected chi connectivity index (χ0v) is 12.1. The number of nitrogens with one attached hydrogen (secondary N) is 1. The highest BCUT2D eigenvalue weighted by Gasteiger charge is 2.11. The molecule has 0 radical (unpaired) electrons. The van der Waals surface area contributed by atoms with Crippen LogP contribution in [0.1, 0.15) is 23.9 Å². The molecule has 1 rings (SSSR count). The highest BCUT2D eigenvalue weighted by Crippen LogP contribution is 2.19. The number of aromatic nitrogens is 1. The Morgan fingerprint density at radius 2 is 2.28 bits per heavy atom. The van der Waals surface area contributed by atoms with Crippen molar-refractivity contribution in [1.82, 2.24) is 10.5 Å². The molecule has 0 saturated carbocycles. The van der Waals surface area contributed by atoms with Gasteiger partial charge < -0.3 is 14.6 Å². The summed E-state index contributed by atoms with van der Waals surface area (Å²) in [5.74, 6) is 2.02. The van der Waals surface area contributed by atoms with Gasteiger partial charge in [-0.2, -0.15) is 0 Å². The highest BCUT2D eigenvalue weighted by atomic mass is 32.2. The fraction of sp³-hybridized carbons (Fsp3) is 0.667. The Balaban J connectivity index is 2.27. The van der Waals surface area contributed by atoms with E-state index in [-0.39, 0.29) is 11.9 Å². The van der Waals surface area contributed by atoms with Crippen molar-refractivity contribution < 1.29 is 14.1 Å². The van der Waals surface area contributed by atoms with E-state index in [1.807, 2.05) is 20.8 Å². The summed E-state index contributed by atoms with van der Waals surface area (Å²) < 4.78 is 10.0. The number of thioether (sulfide) groups is 1. The first-order chi connectivity index (χ1) is 8.54. The van der Waals surface area contributed by atoms with E-state index in [2.05, 4.69) is 10.5 Å². The monoisotopic (exact) mass is 272 g/mol. The minimum absolute atomic E-state index is 0.0244. The minimum atomic E-state index is 0.0244. The van der Waals surface area contributed by atoms with Crippen LogP contribution in [-0.4, -0.2) is 36.6 Å². The van der Waals surface area contributed by atoms with Crippen LogP contribution >= 0.6 is 11.8 Å². The molecule has 0 bridgehead atoms. The maximum Gasteiger partial charge on any atom is 0.230 e. The number of ether oxygens (including phenoxy) is 1. The molecular formula is C12H20N2O3S. The Bertz CT molecular complexity index is 373. The highest BCUT2D eigenvalue weighted by molar-refractivity contribution is 7.99. The fourth-order valence-electron chi connectivity index (χ4n) is 1.56. The van der Waals surface area contributed by atoms with E-state index in [0.717, 1.165) is 22.8 Å². The largest absolute Gasteiger partial charge is 0.383 e. The second-order valence-electron chi connectivity index (χ2n) is 4.22. The normalized spacial score (nSPS) is 12.4. The third-order valence-electron chi connectivity index (χ3n) is 2.48. The van der Waals surface area contributed by atoms with Crippen LogP contribution in [0, 0.1) is 13.8 Å². The molecule has 5 nitrogen and oxygen atoms in total. The van der Waals surface area contributed by atoms with Crippen molar-refractivity contribution >= 4 is 17.7 Å². The van der Waals surface area contributed by atoms with Gasteiger partial charge in [0, 0.05) is 24.5 Å². The molecule has 0 aliphatic rings. The quantitative estimate of drug-likeness (QED) is 0.818. The number of hydrogen-bond acceptors (Lipinski definition) is 5. The molecule has 1 N–H and O–H groups in total. The van der Waals surface area contributed by atoms with Gasteiger partial charge in [0.1, 0.15) is 5.76 Å². The predicted octanol–water partition coefficient (Wildman–Crippen LogP) is 1.68. The van der Waals surface area contributed by atoms with Crippen LogP contribution in [0.2, 0.25) is 0 Å². The minimum Gasteiger partial charge on any atom is -0.383 e. The molecule has 0 aromatic carbocycles. The number of amides is 1. The lowest BCUT2D eigenvalue weighted by atomic mass is 10.2. The van der Waals surface area contributed by atoms with Gasteiger partial charge in [-0.1, -0.05) is 5.16 Å². The van der Waals surface area contributed by atoms with Gasteiger partial charge in [-0.3, -0.25) is 4.79 Å². The summed E-state index contributed by atoms with van der Waals surface area (Å²) in [6.07, 6.45) is 0. The van der Waals surface area contributed by atoms with E-state index >= 15 is 0 Å². The maximum absolute atomic E-state index is 11.6. The van der Waals surface area contributed by atoms with Crippen LogP contribution in [0.3, 0.4) is 0 Å². The van der Waals surface area contributed by atoms with E-state index in [9.17, 15) is 4.79 Å². The molecule has 6 heteroatoms. The Morgan fingerprint density at radius 3 is 2.83 bits per heavy atom. The molecule has 0 fully saturated rings. The van der Waals surface area contributed by atoms with Gasteiger partial charge >= 0.3 is 0 Å². The summed E-state index contributed by atoms with van der Waals surface area (Å²) in [6.45, 7) is 6.24. The topological polar surface area (TPSA) is 64.4 Å². The molecule has 1 aromatic heterocycles. The van der Waals surface area contributed by atoms with Crippen molar-refractivity contribution in [3.05, 3.63) is 17.0 Å². The lowest BCUT2D eigenvalue weighted by molar-refractivity contribution is -0.119. The van der Waals surface area contributed by atoms with Crippen LogP contribution in [0.4, 0.5) is 0 Å². The summed E-state index contributed by atoms with van der Waals surface area (Å²) in [6, 6.07) is 0.0437. The predicted molar refractivity (Wildman–Crippen MR) is 71.6 cm³/mol. The SMILES string of the molecule is COCC(C)NC(=O)CSCc1c(C)noc1C. The molecule has 1 amide bonds. The summed E-state index contributed by atoms with van der Waals surface area (Å²) in [7, 11) is 1.62. The summed E-state index contributed by atoms with van der Waals surface area (Å²) in [5.41, 5.74) is 1.98. The second-order valence-corrected chi connectivity index (χ2v) is 5.21. The molecule has 0 aliphatic heterocycles. The number of carbonyl (C=O) groups is 1. The number of carbonyl (C=O) groups excluding carboxylic acids is 1. The van der Waals surface area contributed by atoms with Crippen LogP contribution < -0.4 is 5.32 Å². The van der Waals surface area contributed by atoms with Crippen molar-refractivity contribution in [3.63, 3.8) is 0 Å². The number of nitrogens with zero attached hydrogens (tertiary/aromatic N) is 1. The third kappa shape index (κ3) is 4.70. The number of methoxy groups -OCH3 is 1. The first-order valence-corrected chi connectivity index (χ1v) is 6.97. The van der Waals surface area contributed by atoms with Crippen molar-refractivity contribution in [1.29, 1.82) is 0 Å². The molecule has 1 atom stereocenters. The standard InChI is InChI=1S/C12H20N2O3S/c1-8(5-16-4)13-12(15)7-18-6-11-9(2)14-17-10(11)3/h8H,5-7H2,1-4H3,(H,13,15). The van der Waals surface area contributed by atoms with Gasteiger partial charge in [0.25, 0.3) is 0 Å². The number of hydrogen-bond donors (Lipinski definition) is 1. The van der Waals surface area contributed by atoms with E-state index in [0.29, 0.717) is 12.4 Å². The van der Waals surface area contributed by atoms with Crippen molar-refractivity contribution in [2.75, 3.05) is 19.5 Å². The Labute approximate surface area is 112 Å². The summed E-state index contributed by atoms with van der Waals surface area (Å²) in [5, 5.41) is 6.75. The van der Waals surface area contributed by atoms with Crippen molar-refractivity contribution in [2.45, 2.75) is 32.6 Å². The van der Waals surface area contributed by atoms with E-state index in [1.54, 1.807) is 18.9 Å². The van der Waals surface area contributed by atoms with Crippen LogP contribution in [0.15, 0.2) is 4.52 Å². The Hall–Kier alpha value is -1.01. The first kappa shape index (κ1) is 15.0. The zero-order valence-electron chi connectivity index (χ0n) is 11.3. The fourth-order valence-corrected chi connectivity index (χ4v) is 2.55. The molecule has 1 aromatic rings. The van der Waals surface area contributed by atoms with Crippen LogP contribution in [0.25, 0.3) is 0 Å². The molecule has 0 spiro atoms.